The van der Waals surface area contributed by atoms with Crippen LogP contribution in [-0.2, 0) is 11.3 Å². The van der Waals surface area contributed by atoms with Gasteiger partial charge in [0.2, 0.25) is 5.95 Å². The highest BCUT2D eigenvalue weighted by Gasteiger charge is 2.32. The summed E-state index contributed by atoms with van der Waals surface area (Å²) < 4.78 is 13.5. The summed E-state index contributed by atoms with van der Waals surface area (Å²) in [7, 11) is 1.62. The van der Waals surface area contributed by atoms with Gasteiger partial charge in [0.25, 0.3) is 6.01 Å². The molecule has 1 aliphatic heterocycles. The Kier molecular flexibility index (Phi) is 6.59. The Balaban J connectivity index is 1.76. The van der Waals surface area contributed by atoms with Gasteiger partial charge in [-0.15, -0.1) is 0 Å². The topological polar surface area (TPSA) is 100 Å². The number of nitrogen functional groups attached to an aromatic ring is 1. The SMILES string of the molecule is CCCCNc1nc(N)c2nc(OC)n(CCCC3CCCOC3(C)C)c2n1. The zero-order valence-electron chi connectivity index (χ0n) is 17.6. The second-order valence-corrected chi connectivity index (χ2v) is 8.07. The molecule has 3 heterocycles. The molecule has 1 aliphatic rings. The molecular formula is C20H34N6O2. The highest BCUT2D eigenvalue weighted by molar-refractivity contribution is 5.84. The second kappa shape index (κ2) is 8.94. The van der Waals surface area contributed by atoms with Crippen molar-refractivity contribution in [3.05, 3.63) is 0 Å². The molecule has 28 heavy (non-hydrogen) atoms. The lowest BCUT2D eigenvalue weighted by Gasteiger charge is -2.38. The maximum Gasteiger partial charge on any atom is 0.298 e. The lowest BCUT2D eigenvalue weighted by Crippen LogP contribution is -2.38. The lowest BCUT2D eigenvalue weighted by molar-refractivity contribution is -0.0962. The van der Waals surface area contributed by atoms with Crippen LogP contribution < -0.4 is 15.8 Å². The number of aromatic nitrogens is 4. The third-order valence-corrected chi connectivity index (χ3v) is 5.67. The van der Waals surface area contributed by atoms with Gasteiger partial charge in [-0.25, -0.2) is 0 Å². The van der Waals surface area contributed by atoms with Crippen molar-refractivity contribution in [1.82, 2.24) is 19.5 Å². The molecule has 156 valence electrons. The third kappa shape index (κ3) is 4.48. The molecule has 8 heteroatoms. The van der Waals surface area contributed by atoms with E-state index in [9.17, 15) is 0 Å². The van der Waals surface area contributed by atoms with Crippen molar-refractivity contribution < 1.29 is 9.47 Å². The molecule has 1 saturated heterocycles. The van der Waals surface area contributed by atoms with E-state index in [0.717, 1.165) is 57.4 Å². The fraction of sp³-hybridized carbons (Fsp3) is 0.750. The molecule has 8 nitrogen and oxygen atoms in total. The first-order chi connectivity index (χ1) is 13.5. The molecule has 0 radical (unpaired) electrons. The number of hydrogen-bond donors (Lipinski definition) is 2. The van der Waals surface area contributed by atoms with Crippen LogP contribution in [0.5, 0.6) is 6.01 Å². The number of ether oxygens (including phenoxy) is 2. The molecule has 1 atom stereocenters. The summed E-state index contributed by atoms with van der Waals surface area (Å²) in [6.07, 6.45) is 6.62. The van der Waals surface area contributed by atoms with Gasteiger partial charge < -0.3 is 20.5 Å². The first kappa shape index (κ1) is 20.6. The molecule has 0 aliphatic carbocycles. The Morgan fingerprint density at radius 1 is 1.29 bits per heavy atom. The van der Waals surface area contributed by atoms with Crippen LogP contribution >= 0.6 is 0 Å². The number of imidazole rings is 1. The minimum atomic E-state index is -0.0533. The highest BCUT2D eigenvalue weighted by Crippen LogP contribution is 2.34. The zero-order valence-corrected chi connectivity index (χ0v) is 17.6. The molecule has 1 unspecified atom stereocenters. The van der Waals surface area contributed by atoms with Crippen molar-refractivity contribution in [3.63, 3.8) is 0 Å². The molecule has 0 bridgehead atoms. The van der Waals surface area contributed by atoms with Crippen LogP contribution in [0, 0.1) is 5.92 Å². The van der Waals surface area contributed by atoms with Crippen molar-refractivity contribution in [3.8, 4) is 6.01 Å². The second-order valence-electron chi connectivity index (χ2n) is 8.07. The minimum Gasteiger partial charge on any atom is -0.468 e. The Bertz CT molecular complexity index is 789. The number of hydrogen-bond acceptors (Lipinski definition) is 7. The predicted octanol–water partition coefficient (Wildman–Crippen LogP) is 3.61. The Morgan fingerprint density at radius 2 is 2.11 bits per heavy atom. The summed E-state index contributed by atoms with van der Waals surface area (Å²) in [6, 6.07) is 0.529. The minimum absolute atomic E-state index is 0.0533. The molecule has 2 aromatic rings. The average molecular weight is 391 g/mol. The highest BCUT2D eigenvalue weighted by atomic mass is 16.5. The van der Waals surface area contributed by atoms with Crippen LogP contribution in [0.1, 0.15) is 59.3 Å². The van der Waals surface area contributed by atoms with E-state index in [2.05, 4.69) is 41.0 Å². The van der Waals surface area contributed by atoms with E-state index in [1.54, 1.807) is 7.11 Å². The van der Waals surface area contributed by atoms with Crippen LogP contribution in [0.2, 0.25) is 0 Å². The van der Waals surface area contributed by atoms with Crippen LogP contribution in [-0.4, -0.2) is 45.4 Å². The fourth-order valence-corrected chi connectivity index (χ4v) is 3.93. The normalized spacial score (nSPS) is 19.1. The molecule has 0 spiro atoms. The summed E-state index contributed by atoms with van der Waals surface area (Å²) in [6.45, 7) is 9.02. The van der Waals surface area contributed by atoms with Gasteiger partial charge in [0.1, 0.15) is 0 Å². The fourth-order valence-electron chi connectivity index (χ4n) is 3.93. The van der Waals surface area contributed by atoms with E-state index < -0.39 is 0 Å². The number of nitrogens with one attached hydrogen (secondary N) is 1. The van der Waals surface area contributed by atoms with Gasteiger partial charge in [0, 0.05) is 19.7 Å². The van der Waals surface area contributed by atoms with Gasteiger partial charge >= 0.3 is 0 Å². The standard InChI is InChI=1S/C20H34N6O2/c1-5-6-11-22-18-24-16(21)15-17(25-18)26(19(23-15)27-4)12-7-9-14-10-8-13-28-20(14,2)3/h14H,5-13H2,1-4H3,(H3,21,22,24,25). The predicted molar refractivity (Wildman–Crippen MR) is 112 cm³/mol. The van der Waals surface area contributed by atoms with Crippen molar-refractivity contribution in [2.45, 2.75) is 71.4 Å². The molecule has 0 saturated carbocycles. The summed E-state index contributed by atoms with van der Waals surface area (Å²) in [5, 5.41) is 3.25. The molecule has 1 fully saturated rings. The Hall–Kier alpha value is -2.09. The zero-order chi connectivity index (χ0) is 20.1. The molecule has 2 aromatic heterocycles. The van der Waals surface area contributed by atoms with E-state index in [1.165, 1.54) is 6.42 Å². The number of aryl methyl sites for hydroxylation is 1. The maximum absolute atomic E-state index is 6.14. The van der Waals surface area contributed by atoms with E-state index in [1.807, 2.05) is 4.57 Å². The molecule has 0 amide bonds. The van der Waals surface area contributed by atoms with E-state index in [4.69, 9.17) is 15.2 Å². The number of anilines is 2. The largest absolute Gasteiger partial charge is 0.468 e. The number of unbranched alkanes of at least 4 members (excludes halogenated alkanes) is 1. The van der Waals surface area contributed by atoms with E-state index in [-0.39, 0.29) is 5.60 Å². The number of rotatable bonds is 9. The molecule has 3 N–H and O–H groups in total. The molecule has 3 rings (SSSR count). The summed E-state index contributed by atoms with van der Waals surface area (Å²) in [5.41, 5.74) is 7.41. The smallest absolute Gasteiger partial charge is 0.298 e. The summed E-state index contributed by atoms with van der Waals surface area (Å²) in [4.78, 5) is 13.5. The van der Waals surface area contributed by atoms with Gasteiger partial charge in [-0.05, 0) is 51.9 Å². The Morgan fingerprint density at radius 3 is 2.82 bits per heavy atom. The van der Waals surface area contributed by atoms with Crippen molar-refractivity contribution in [2.75, 3.05) is 31.3 Å². The van der Waals surface area contributed by atoms with E-state index >= 15 is 0 Å². The number of methoxy groups -OCH3 is 1. The first-order valence-corrected chi connectivity index (χ1v) is 10.4. The van der Waals surface area contributed by atoms with Crippen molar-refractivity contribution in [2.24, 2.45) is 5.92 Å². The van der Waals surface area contributed by atoms with Crippen molar-refractivity contribution >= 4 is 22.9 Å². The van der Waals surface area contributed by atoms with Crippen LogP contribution in [0.25, 0.3) is 11.2 Å². The van der Waals surface area contributed by atoms with Gasteiger partial charge in [-0.3, -0.25) is 4.57 Å². The van der Waals surface area contributed by atoms with Crippen LogP contribution in [0.4, 0.5) is 11.8 Å². The number of nitrogens with two attached hydrogens (primary N) is 1. The van der Waals surface area contributed by atoms with Crippen molar-refractivity contribution in [1.29, 1.82) is 0 Å². The maximum atomic E-state index is 6.14. The first-order valence-electron chi connectivity index (χ1n) is 10.4. The monoisotopic (exact) mass is 390 g/mol. The van der Waals surface area contributed by atoms with Gasteiger partial charge in [-0.2, -0.15) is 15.0 Å². The molecular weight excluding hydrogens is 356 g/mol. The Labute approximate surface area is 167 Å². The summed E-state index contributed by atoms with van der Waals surface area (Å²) >= 11 is 0. The summed E-state index contributed by atoms with van der Waals surface area (Å²) in [5.74, 6) is 1.49. The molecule has 0 aromatic carbocycles. The average Bonchev–Trinajstić information content (AvgIpc) is 3.01. The van der Waals surface area contributed by atoms with Gasteiger partial charge in [0.05, 0.1) is 12.7 Å². The van der Waals surface area contributed by atoms with E-state index in [0.29, 0.717) is 29.2 Å². The quantitative estimate of drug-likeness (QED) is 0.631. The third-order valence-electron chi connectivity index (χ3n) is 5.67. The lowest BCUT2D eigenvalue weighted by atomic mass is 9.81. The number of fused-ring (bicyclic) bond motifs is 1. The van der Waals surface area contributed by atoms with Crippen LogP contribution in [0.15, 0.2) is 0 Å². The van der Waals surface area contributed by atoms with Crippen LogP contribution in [0.3, 0.4) is 0 Å². The number of nitrogens with zero attached hydrogens (tertiary/aromatic N) is 4. The van der Waals surface area contributed by atoms with Gasteiger partial charge in [0.15, 0.2) is 17.0 Å². The van der Waals surface area contributed by atoms with Gasteiger partial charge in [-0.1, -0.05) is 13.3 Å².